The van der Waals surface area contributed by atoms with Crippen LogP contribution in [0.4, 0.5) is 0 Å². The van der Waals surface area contributed by atoms with Gasteiger partial charge in [-0.1, -0.05) is 0 Å². The summed E-state index contributed by atoms with van der Waals surface area (Å²) in [7, 11) is -4.64. The van der Waals surface area contributed by atoms with Crippen LogP contribution in [-0.2, 0) is 21.6 Å². The van der Waals surface area contributed by atoms with Crippen molar-refractivity contribution in [3.63, 3.8) is 0 Å². The van der Waals surface area contributed by atoms with Crippen LogP contribution >= 0.6 is 7.82 Å². The van der Waals surface area contributed by atoms with Crippen LogP contribution in [0.1, 0.15) is 0 Å². The van der Waals surface area contributed by atoms with Gasteiger partial charge >= 0.3 is 50.6 Å². The van der Waals surface area contributed by atoms with Gasteiger partial charge in [-0.25, -0.2) is 4.57 Å². The van der Waals surface area contributed by atoms with Gasteiger partial charge in [-0.05, 0) is 0 Å². The molecule has 0 atom stereocenters. The second kappa shape index (κ2) is 9.03. The molecule has 48 valence electrons. The normalized spacial score (nSPS) is 7.38. The van der Waals surface area contributed by atoms with Crippen LogP contribution in [0.25, 0.3) is 0 Å². The summed E-state index contributed by atoms with van der Waals surface area (Å²) in [4.78, 5) is 21.6. The van der Waals surface area contributed by atoms with Crippen LogP contribution in [0, 0.1) is 0 Å². The van der Waals surface area contributed by atoms with Gasteiger partial charge in [0.25, 0.3) is 0 Å². The average molecular weight is 283 g/mol. The van der Waals surface area contributed by atoms with Crippen molar-refractivity contribution in [3.05, 3.63) is 0 Å². The zero-order chi connectivity index (χ0) is 4.50. The van der Waals surface area contributed by atoms with Crippen LogP contribution in [0.3, 0.4) is 0 Å². The van der Waals surface area contributed by atoms with Gasteiger partial charge in [-0.3, -0.25) is 0 Å². The molecule has 0 bridgehead atoms. The Balaban J connectivity index is -0.0000000267. The Labute approximate surface area is 86.3 Å². The van der Waals surface area contributed by atoms with Crippen molar-refractivity contribution >= 4 is 50.6 Å². The van der Waals surface area contributed by atoms with Crippen LogP contribution in [0.5, 0.6) is 0 Å². The summed E-state index contributed by atoms with van der Waals surface area (Å²) in [5, 5.41) is 0. The molecule has 0 aromatic rings. The maximum atomic E-state index is 8.88. The van der Waals surface area contributed by atoms with Gasteiger partial charge in [0.1, 0.15) is 0 Å². The third-order valence-electron chi connectivity index (χ3n) is 0. The minimum absolute atomic E-state index is 0. The van der Waals surface area contributed by atoms with Crippen LogP contribution < -0.4 is 0 Å². The summed E-state index contributed by atoms with van der Waals surface area (Å²) < 4.78 is 8.88. The Kier molecular flexibility index (Phi) is 25.4. The van der Waals surface area contributed by atoms with Crippen molar-refractivity contribution in [3.8, 4) is 0 Å². The Morgan fingerprint density at radius 1 is 1.12 bits per heavy atom. The molecule has 0 amide bonds. The van der Waals surface area contributed by atoms with Crippen molar-refractivity contribution in [1.82, 2.24) is 0 Å². The number of hydrogen-bond donors (Lipinski definition) is 3. The summed E-state index contributed by atoms with van der Waals surface area (Å²) >= 11 is 0. The molecule has 0 fully saturated rings. The molecule has 0 rings (SSSR count). The molecular formula is H6FeLiO4PSn. The summed E-state index contributed by atoms with van der Waals surface area (Å²) in [6.45, 7) is 0. The van der Waals surface area contributed by atoms with E-state index in [0.29, 0.717) is 0 Å². The summed E-state index contributed by atoms with van der Waals surface area (Å²) in [6, 6.07) is 0. The molecule has 2 radical (unpaired) electrons. The predicted octanol–water partition coefficient (Wildman–Crippen LogP) is -2.50. The molecule has 4 nitrogen and oxygen atoms in total. The molecule has 3 N–H and O–H groups in total. The predicted molar refractivity (Wildman–Crippen MR) is 30.0 cm³/mol. The fourth-order valence-corrected chi connectivity index (χ4v) is 0. The van der Waals surface area contributed by atoms with Gasteiger partial charge in [0.2, 0.25) is 0 Å². The molecule has 0 aliphatic rings. The summed E-state index contributed by atoms with van der Waals surface area (Å²) in [5.41, 5.74) is 0. The topological polar surface area (TPSA) is 77.8 Å². The average Bonchev–Trinajstić information content (AvgIpc) is 0.722. The first kappa shape index (κ1) is 22.5. The Bertz CT molecular complexity index is 62.2. The van der Waals surface area contributed by atoms with E-state index in [1.165, 1.54) is 0 Å². The first-order chi connectivity index (χ1) is 2.00. The molecule has 8 heavy (non-hydrogen) atoms. The molecule has 0 saturated carbocycles. The van der Waals surface area contributed by atoms with Gasteiger partial charge in [0, 0.05) is 17.1 Å². The van der Waals surface area contributed by atoms with E-state index in [-0.39, 0.29) is 59.8 Å². The molecule has 0 heterocycles. The van der Waals surface area contributed by atoms with Gasteiger partial charge in [-0.2, -0.15) is 0 Å². The fraction of sp³-hybridized carbons (Fsp3) is 0. The second-order valence-electron chi connectivity index (χ2n) is 0.513. The first-order valence-electron chi connectivity index (χ1n) is 0.783. The van der Waals surface area contributed by atoms with Crippen molar-refractivity contribution in [2.24, 2.45) is 0 Å². The first-order valence-corrected chi connectivity index (χ1v) is 2.35. The maximum absolute atomic E-state index is 8.88. The van der Waals surface area contributed by atoms with E-state index >= 15 is 0 Å². The molecule has 8 heteroatoms. The van der Waals surface area contributed by atoms with E-state index in [2.05, 4.69) is 0 Å². The summed E-state index contributed by atoms with van der Waals surface area (Å²) in [5.74, 6) is 0. The van der Waals surface area contributed by atoms with Crippen LogP contribution in [-0.4, -0.2) is 57.4 Å². The Hall–Kier alpha value is 2.03. The molecule has 0 aromatic heterocycles. The monoisotopic (exact) mass is 284 g/mol. The summed E-state index contributed by atoms with van der Waals surface area (Å²) in [6.07, 6.45) is 0. The molecule has 0 aliphatic carbocycles. The Morgan fingerprint density at radius 2 is 1.12 bits per heavy atom. The van der Waals surface area contributed by atoms with Gasteiger partial charge in [-0.15, -0.1) is 0 Å². The van der Waals surface area contributed by atoms with Gasteiger partial charge in [0.05, 0.1) is 0 Å². The number of rotatable bonds is 0. The molecule has 0 aliphatic heterocycles. The number of hydrogen-bond acceptors (Lipinski definition) is 1. The van der Waals surface area contributed by atoms with Crippen LogP contribution in [0.2, 0.25) is 0 Å². The fourth-order valence-electron chi connectivity index (χ4n) is 0. The van der Waals surface area contributed by atoms with Crippen molar-refractivity contribution in [2.45, 2.75) is 0 Å². The van der Waals surface area contributed by atoms with Crippen molar-refractivity contribution in [1.29, 1.82) is 0 Å². The zero-order valence-electron chi connectivity index (χ0n) is 3.26. The quantitative estimate of drug-likeness (QED) is 0.339. The van der Waals surface area contributed by atoms with E-state index in [0.717, 1.165) is 0 Å². The van der Waals surface area contributed by atoms with E-state index in [1.807, 2.05) is 0 Å². The third-order valence-corrected chi connectivity index (χ3v) is 0. The van der Waals surface area contributed by atoms with Gasteiger partial charge < -0.3 is 14.7 Å². The minimum atomic E-state index is -4.64. The molecule has 0 saturated heterocycles. The number of phosphoric acid groups is 1. The SMILES string of the molecule is O=P(O)(O)O.[Fe].[LiH].[SnH2]. The molecule has 0 aromatic carbocycles. The standard InChI is InChI=1S/Fe.Li.H3O4P.Sn.3H/c;;1-5(2,3)4;;;;/h;;(H3,1,2,3,4);;;;. The van der Waals surface area contributed by atoms with Crippen molar-refractivity contribution in [2.75, 3.05) is 0 Å². The zero-order valence-corrected chi connectivity index (χ0v) is 9.29. The van der Waals surface area contributed by atoms with E-state index in [4.69, 9.17) is 19.2 Å². The van der Waals surface area contributed by atoms with E-state index in [1.54, 1.807) is 0 Å². The molecular weight excluding hydrogens is 276 g/mol. The second-order valence-corrected chi connectivity index (χ2v) is 1.54. The molecule has 0 unspecified atom stereocenters. The molecule has 0 spiro atoms. The van der Waals surface area contributed by atoms with Crippen LogP contribution in [0.15, 0.2) is 0 Å². The van der Waals surface area contributed by atoms with E-state index < -0.39 is 7.82 Å². The van der Waals surface area contributed by atoms with E-state index in [9.17, 15) is 0 Å². The Morgan fingerprint density at radius 3 is 1.12 bits per heavy atom. The van der Waals surface area contributed by atoms with Crippen molar-refractivity contribution < 1.29 is 36.3 Å². The van der Waals surface area contributed by atoms with Gasteiger partial charge in [0.15, 0.2) is 0 Å². The third kappa shape index (κ3) is 96.5.